The van der Waals surface area contributed by atoms with Crippen LogP contribution >= 0.6 is 11.3 Å². The van der Waals surface area contributed by atoms with Crippen LogP contribution in [0.25, 0.3) is 10.6 Å². The van der Waals surface area contributed by atoms with Crippen molar-refractivity contribution in [3.63, 3.8) is 0 Å². The van der Waals surface area contributed by atoms with Crippen molar-refractivity contribution in [2.45, 2.75) is 19.3 Å². The topological polar surface area (TPSA) is 48.1 Å². The van der Waals surface area contributed by atoms with Crippen LogP contribution in [0.1, 0.15) is 25.0 Å². The lowest BCUT2D eigenvalue weighted by Gasteiger charge is -2.05. The lowest BCUT2D eigenvalue weighted by molar-refractivity contribution is 0.415. The summed E-state index contributed by atoms with van der Waals surface area (Å²) in [6.07, 6.45) is 0.973. The number of nitrogens with zero attached hydrogens (tertiary/aromatic N) is 1. The van der Waals surface area contributed by atoms with Crippen molar-refractivity contribution in [1.82, 2.24) is 4.98 Å². The molecule has 0 bridgehead atoms. The summed E-state index contributed by atoms with van der Waals surface area (Å²) in [4.78, 5) is 4.68. The Morgan fingerprint density at radius 2 is 2.28 bits per heavy atom. The van der Waals surface area contributed by atoms with Gasteiger partial charge in [0.05, 0.1) is 12.8 Å². The first-order chi connectivity index (χ1) is 8.74. The van der Waals surface area contributed by atoms with Gasteiger partial charge < -0.3 is 10.5 Å². The molecule has 1 aromatic heterocycles. The number of nitrogens with two attached hydrogens (primary N) is 1. The van der Waals surface area contributed by atoms with Crippen molar-refractivity contribution in [2.75, 3.05) is 13.7 Å². The molecule has 2 rings (SSSR count). The Balaban J connectivity index is 2.23. The Bertz CT molecular complexity index is 510. The van der Waals surface area contributed by atoms with E-state index in [9.17, 15) is 0 Å². The van der Waals surface area contributed by atoms with Gasteiger partial charge in [0, 0.05) is 16.9 Å². The summed E-state index contributed by atoms with van der Waals surface area (Å²) < 4.78 is 5.23. The van der Waals surface area contributed by atoms with Crippen molar-refractivity contribution in [1.29, 1.82) is 0 Å². The number of thiazole rings is 1. The molecule has 0 spiro atoms. The lowest BCUT2D eigenvalue weighted by atomic mass is 10.1. The lowest BCUT2D eigenvalue weighted by Crippen LogP contribution is -2.04. The fraction of sp³-hybridized carbons (Fsp3) is 0.357. The molecule has 1 heterocycles. The third-order valence-corrected chi connectivity index (χ3v) is 3.85. The molecule has 0 fully saturated rings. The zero-order valence-electron chi connectivity index (χ0n) is 10.7. The first-order valence-corrected chi connectivity index (χ1v) is 6.92. The van der Waals surface area contributed by atoms with Gasteiger partial charge in [0.15, 0.2) is 0 Å². The maximum absolute atomic E-state index is 5.58. The standard InChI is InChI=1S/C14H18N2OS/c1-10(6-7-15)13-9-18-14(16-13)11-4-3-5-12(8-11)17-2/h3-5,8-10H,6-7,15H2,1-2H3. The van der Waals surface area contributed by atoms with E-state index in [1.807, 2.05) is 18.2 Å². The number of benzene rings is 1. The summed E-state index contributed by atoms with van der Waals surface area (Å²) >= 11 is 1.67. The van der Waals surface area contributed by atoms with Gasteiger partial charge in [-0.3, -0.25) is 0 Å². The highest BCUT2D eigenvalue weighted by Gasteiger charge is 2.10. The second-order valence-corrected chi connectivity index (χ2v) is 5.15. The number of rotatable bonds is 5. The zero-order valence-corrected chi connectivity index (χ0v) is 11.5. The quantitative estimate of drug-likeness (QED) is 0.899. The molecule has 0 saturated heterocycles. The number of hydrogen-bond acceptors (Lipinski definition) is 4. The molecule has 0 aliphatic heterocycles. The Hall–Kier alpha value is -1.39. The molecule has 18 heavy (non-hydrogen) atoms. The van der Waals surface area contributed by atoms with E-state index < -0.39 is 0 Å². The van der Waals surface area contributed by atoms with Gasteiger partial charge >= 0.3 is 0 Å². The van der Waals surface area contributed by atoms with Crippen LogP contribution in [-0.2, 0) is 0 Å². The summed E-state index contributed by atoms with van der Waals surface area (Å²) in [7, 11) is 1.68. The van der Waals surface area contributed by atoms with E-state index in [-0.39, 0.29) is 0 Å². The fourth-order valence-corrected chi connectivity index (χ4v) is 2.74. The molecular formula is C14H18N2OS. The molecule has 0 aliphatic carbocycles. The first-order valence-electron chi connectivity index (χ1n) is 6.04. The van der Waals surface area contributed by atoms with Crippen LogP contribution in [0.15, 0.2) is 29.6 Å². The minimum Gasteiger partial charge on any atom is -0.497 e. The van der Waals surface area contributed by atoms with E-state index in [0.29, 0.717) is 12.5 Å². The molecule has 1 unspecified atom stereocenters. The number of hydrogen-bond donors (Lipinski definition) is 1. The van der Waals surface area contributed by atoms with Gasteiger partial charge in [-0.25, -0.2) is 4.98 Å². The second kappa shape index (κ2) is 5.98. The summed E-state index contributed by atoms with van der Waals surface area (Å²) in [6, 6.07) is 7.99. The van der Waals surface area contributed by atoms with Crippen LogP contribution in [0, 0.1) is 0 Å². The summed E-state index contributed by atoms with van der Waals surface area (Å²) in [5.41, 5.74) is 7.81. The molecule has 96 valence electrons. The van der Waals surface area contributed by atoms with E-state index in [2.05, 4.69) is 23.4 Å². The molecule has 2 N–H and O–H groups in total. The smallest absolute Gasteiger partial charge is 0.123 e. The van der Waals surface area contributed by atoms with E-state index in [1.54, 1.807) is 18.4 Å². The van der Waals surface area contributed by atoms with Gasteiger partial charge in [0.25, 0.3) is 0 Å². The molecule has 0 radical (unpaired) electrons. The van der Waals surface area contributed by atoms with Gasteiger partial charge in [-0.05, 0) is 25.1 Å². The Morgan fingerprint density at radius 1 is 1.44 bits per heavy atom. The Kier molecular flexibility index (Phi) is 4.33. The fourth-order valence-electron chi connectivity index (χ4n) is 1.80. The normalized spacial score (nSPS) is 12.4. The highest BCUT2D eigenvalue weighted by molar-refractivity contribution is 7.13. The first kappa shape index (κ1) is 13.1. The second-order valence-electron chi connectivity index (χ2n) is 4.29. The van der Waals surface area contributed by atoms with E-state index in [1.165, 1.54) is 0 Å². The van der Waals surface area contributed by atoms with Crippen LogP contribution < -0.4 is 10.5 Å². The average Bonchev–Trinajstić information content (AvgIpc) is 2.89. The molecule has 3 nitrogen and oxygen atoms in total. The third-order valence-electron chi connectivity index (χ3n) is 2.94. The van der Waals surface area contributed by atoms with Crippen molar-refractivity contribution >= 4 is 11.3 Å². The van der Waals surface area contributed by atoms with Crippen molar-refractivity contribution < 1.29 is 4.74 Å². The largest absolute Gasteiger partial charge is 0.497 e. The molecule has 4 heteroatoms. The van der Waals surface area contributed by atoms with Crippen LogP contribution in [0.3, 0.4) is 0 Å². The van der Waals surface area contributed by atoms with Gasteiger partial charge in [-0.15, -0.1) is 11.3 Å². The van der Waals surface area contributed by atoms with Crippen molar-refractivity contribution in [3.05, 3.63) is 35.3 Å². The van der Waals surface area contributed by atoms with Crippen LogP contribution in [0.4, 0.5) is 0 Å². The zero-order chi connectivity index (χ0) is 13.0. The minimum atomic E-state index is 0.422. The minimum absolute atomic E-state index is 0.422. The summed E-state index contributed by atoms with van der Waals surface area (Å²) in [5.74, 6) is 1.28. The molecule has 0 amide bonds. The van der Waals surface area contributed by atoms with Gasteiger partial charge in [-0.1, -0.05) is 19.1 Å². The van der Waals surface area contributed by atoms with Crippen LogP contribution in [0.2, 0.25) is 0 Å². The highest BCUT2D eigenvalue weighted by atomic mass is 32.1. The number of aromatic nitrogens is 1. The van der Waals surface area contributed by atoms with Gasteiger partial charge in [0.2, 0.25) is 0 Å². The predicted octanol–water partition coefficient (Wildman–Crippen LogP) is 3.27. The van der Waals surface area contributed by atoms with E-state index in [4.69, 9.17) is 10.5 Å². The predicted molar refractivity (Wildman–Crippen MR) is 76.2 cm³/mol. The Morgan fingerprint density at radius 3 is 3.00 bits per heavy atom. The van der Waals surface area contributed by atoms with Gasteiger partial charge in [0.1, 0.15) is 10.8 Å². The van der Waals surface area contributed by atoms with E-state index >= 15 is 0 Å². The van der Waals surface area contributed by atoms with Crippen LogP contribution in [0.5, 0.6) is 5.75 Å². The molecule has 1 aromatic carbocycles. The van der Waals surface area contributed by atoms with Crippen LogP contribution in [-0.4, -0.2) is 18.6 Å². The van der Waals surface area contributed by atoms with E-state index in [0.717, 1.165) is 28.4 Å². The average molecular weight is 262 g/mol. The maximum Gasteiger partial charge on any atom is 0.123 e. The summed E-state index contributed by atoms with van der Waals surface area (Å²) in [6.45, 7) is 2.87. The molecule has 1 atom stereocenters. The SMILES string of the molecule is COc1cccc(-c2nc(C(C)CCN)cs2)c1. The maximum atomic E-state index is 5.58. The molecule has 2 aromatic rings. The van der Waals surface area contributed by atoms with Crippen molar-refractivity contribution in [3.8, 4) is 16.3 Å². The number of ether oxygens (including phenoxy) is 1. The van der Waals surface area contributed by atoms with Gasteiger partial charge in [-0.2, -0.15) is 0 Å². The molecular weight excluding hydrogens is 244 g/mol. The Labute approximate surface area is 112 Å². The third kappa shape index (κ3) is 2.89. The monoisotopic (exact) mass is 262 g/mol. The van der Waals surface area contributed by atoms with Crippen molar-refractivity contribution in [2.24, 2.45) is 5.73 Å². The number of methoxy groups -OCH3 is 1. The highest BCUT2D eigenvalue weighted by Crippen LogP contribution is 2.29. The molecule has 0 saturated carbocycles. The summed E-state index contributed by atoms with van der Waals surface area (Å²) in [5, 5.41) is 3.16. The molecule has 0 aliphatic rings.